The van der Waals surface area contributed by atoms with Crippen LogP contribution in [0, 0.1) is 0 Å². The molecule has 3 amide bonds. The van der Waals surface area contributed by atoms with E-state index in [-0.39, 0.29) is 5.91 Å². The van der Waals surface area contributed by atoms with Crippen LogP contribution in [0.3, 0.4) is 0 Å². The quantitative estimate of drug-likeness (QED) is 0.717. The van der Waals surface area contributed by atoms with Crippen molar-refractivity contribution in [2.24, 2.45) is 0 Å². The first-order chi connectivity index (χ1) is 11.9. The van der Waals surface area contributed by atoms with Crippen LogP contribution in [-0.4, -0.2) is 24.3 Å². The van der Waals surface area contributed by atoms with E-state index in [9.17, 15) is 14.4 Å². The van der Waals surface area contributed by atoms with Crippen LogP contribution in [0.2, 0.25) is 5.02 Å². The predicted molar refractivity (Wildman–Crippen MR) is 97.5 cm³/mol. The Bertz CT molecular complexity index is 775. The lowest BCUT2D eigenvalue weighted by molar-refractivity contribution is -0.136. The summed E-state index contributed by atoms with van der Waals surface area (Å²) in [7, 11) is 0. The van der Waals surface area contributed by atoms with Crippen molar-refractivity contribution >= 4 is 40.7 Å². The fourth-order valence-electron chi connectivity index (χ4n) is 2.12. The van der Waals surface area contributed by atoms with Gasteiger partial charge in [-0.3, -0.25) is 14.4 Å². The summed E-state index contributed by atoms with van der Waals surface area (Å²) >= 11 is 5.81. The zero-order chi connectivity index (χ0) is 18.2. The van der Waals surface area contributed by atoms with E-state index in [4.69, 9.17) is 11.6 Å². The van der Waals surface area contributed by atoms with Crippen molar-refractivity contribution in [1.82, 2.24) is 5.32 Å². The molecule has 6 nitrogen and oxygen atoms in total. The first kappa shape index (κ1) is 18.5. The average Bonchev–Trinajstić information content (AvgIpc) is 2.56. The van der Waals surface area contributed by atoms with Crippen molar-refractivity contribution in [2.75, 3.05) is 17.2 Å². The Balaban J connectivity index is 1.82. The van der Waals surface area contributed by atoms with Gasteiger partial charge in [-0.15, -0.1) is 0 Å². The minimum atomic E-state index is -0.768. The minimum Gasteiger partial charge on any atom is -0.347 e. The van der Waals surface area contributed by atoms with Gasteiger partial charge in [0.1, 0.15) is 0 Å². The monoisotopic (exact) mass is 359 g/mol. The zero-order valence-corrected chi connectivity index (χ0v) is 14.4. The average molecular weight is 360 g/mol. The number of carbonyl (C=O) groups is 3. The number of rotatable bonds is 5. The van der Waals surface area contributed by atoms with E-state index in [0.29, 0.717) is 29.4 Å². The second kappa shape index (κ2) is 8.84. The smallest absolute Gasteiger partial charge is 0.313 e. The van der Waals surface area contributed by atoms with Crippen molar-refractivity contribution in [3.8, 4) is 0 Å². The van der Waals surface area contributed by atoms with Gasteiger partial charge < -0.3 is 16.0 Å². The van der Waals surface area contributed by atoms with Crippen LogP contribution >= 0.6 is 11.6 Å². The molecule has 0 aliphatic rings. The molecule has 0 aliphatic carbocycles. The molecule has 130 valence electrons. The number of carbonyl (C=O) groups excluding carboxylic acids is 3. The normalized spacial score (nSPS) is 10.0. The van der Waals surface area contributed by atoms with Gasteiger partial charge >= 0.3 is 11.8 Å². The summed E-state index contributed by atoms with van der Waals surface area (Å²) < 4.78 is 0. The number of benzene rings is 2. The lowest BCUT2D eigenvalue weighted by Gasteiger charge is -2.08. The molecule has 2 rings (SSSR count). The van der Waals surface area contributed by atoms with E-state index in [0.717, 1.165) is 5.56 Å². The molecule has 25 heavy (non-hydrogen) atoms. The highest BCUT2D eigenvalue weighted by molar-refractivity contribution is 6.39. The molecule has 3 N–H and O–H groups in total. The summed E-state index contributed by atoms with van der Waals surface area (Å²) in [5.41, 5.74) is 1.96. The van der Waals surface area contributed by atoms with Crippen molar-refractivity contribution in [1.29, 1.82) is 0 Å². The van der Waals surface area contributed by atoms with Crippen LogP contribution in [0.4, 0.5) is 11.4 Å². The van der Waals surface area contributed by atoms with Gasteiger partial charge in [-0.2, -0.15) is 0 Å². The summed E-state index contributed by atoms with van der Waals surface area (Å²) in [6.45, 7) is 1.72. The zero-order valence-electron chi connectivity index (χ0n) is 13.6. The third kappa shape index (κ3) is 6.27. The molecule has 0 spiro atoms. The summed E-state index contributed by atoms with van der Waals surface area (Å²) in [5.74, 6) is -1.71. The molecule has 0 aliphatic heterocycles. The van der Waals surface area contributed by atoms with Gasteiger partial charge in [0, 0.05) is 29.9 Å². The Morgan fingerprint density at radius 2 is 1.56 bits per heavy atom. The second-order valence-corrected chi connectivity index (χ2v) is 5.78. The first-order valence-corrected chi connectivity index (χ1v) is 8.03. The number of amides is 3. The Morgan fingerprint density at radius 1 is 0.920 bits per heavy atom. The summed E-state index contributed by atoms with van der Waals surface area (Å²) in [6, 6.07) is 13.8. The van der Waals surface area contributed by atoms with E-state index >= 15 is 0 Å². The van der Waals surface area contributed by atoms with Crippen molar-refractivity contribution in [3.05, 3.63) is 59.1 Å². The molecule has 2 aromatic carbocycles. The highest BCUT2D eigenvalue weighted by atomic mass is 35.5. The number of nitrogens with one attached hydrogen (secondary N) is 3. The molecule has 0 atom stereocenters. The van der Waals surface area contributed by atoms with Crippen LogP contribution in [-0.2, 0) is 20.8 Å². The summed E-state index contributed by atoms with van der Waals surface area (Å²) in [6.07, 6.45) is 0.591. The van der Waals surface area contributed by atoms with Crippen molar-refractivity contribution < 1.29 is 14.4 Å². The maximum Gasteiger partial charge on any atom is 0.313 e. The molecule has 0 heterocycles. The SMILES string of the molecule is CC(=O)Nc1cccc(NC(=O)C(=O)NCCc2ccc(Cl)cc2)c1. The van der Waals surface area contributed by atoms with E-state index in [1.807, 2.05) is 12.1 Å². The molecule has 0 radical (unpaired) electrons. The van der Waals surface area contributed by atoms with E-state index in [1.165, 1.54) is 6.92 Å². The summed E-state index contributed by atoms with van der Waals surface area (Å²) in [5, 5.41) is 8.30. The fourth-order valence-corrected chi connectivity index (χ4v) is 2.24. The molecule has 2 aromatic rings. The first-order valence-electron chi connectivity index (χ1n) is 7.65. The Kier molecular flexibility index (Phi) is 6.54. The molecule has 0 aromatic heterocycles. The third-order valence-electron chi connectivity index (χ3n) is 3.26. The van der Waals surface area contributed by atoms with Crippen LogP contribution < -0.4 is 16.0 Å². The van der Waals surface area contributed by atoms with Gasteiger partial charge in [-0.05, 0) is 42.3 Å². The molecular weight excluding hydrogens is 342 g/mol. The standard InChI is InChI=1S/C18H18ClN3O3/c1-12(23)21-15-3-2-4-16(11-15)22-18(25)17(24)20-10-9-13-5-7-14(19)8-6-13/h2-8,11H,9-10H2,1H3,(H,20,24)(H,21,23)(H,22,25). The Labute approximate surface area is 150 Å². The topological polar surface area (TPSA) is 87.3 Å². The molecule has 0 saturated heterocycles. The Hall–Kier alpha value is -2.86. The number of hydrogen-bond donors (Lipinski definition) is 3. The Morgan fingerprint density at radius 3 is 2.20 bits per heavy atom. The van der Waals surface area contributed by atoms with Crippen LogP contribution in [0.5, 0.6) is 0 Å². The lowest BCUT2D eigenvalue weighted by Crippen LogP contribution is -2.36. The highest BCUT2D eigenvalue weighted by Gasteiger charge is 2.13. The van der Waals surface area contributed by atoms with Crippen molar-refractivity contribution in [3.63, 3.8) is 0 Å². The lowest BCUT2D eigenvalue weighted by atomic mass is 10.1. The van der Waals surface area contributed by atoms with Gasteiger partial charge in [0.25, 0.3) is 0 Å². The van der Waals surface area contributed by atoms with E-state index in [1.54, 1.807) is 36.4 Å². The number of hydrogen-bond acceptors (Lipinski definition) is 3. The summed E-state index contributed by atoms with van der Waals surface area (Å²) in [4.78, 5) is 34.8. The van der Waals surface area contributed by atoms with Gasteiger partial charge in [-0.25, -0.2) is 0 Å². The molecule has 0 bridgehead atoms. The van der Waals surface area contributed by atoms with Crippen LogP contribution in [0.15, 0.2) is 48.5 Å². The predicted octanol–water partition coefficient (Wildman–Crippen LogP) is 2.60. The molecule has 0 unspecified atom stereocenters. The van der Waals surface area contributed by atoms with Crippen molar-refractivity contribution in [2.45, 2.75) is 13.3 Å². The minimum absolute atomic E-state index is 0.219. The maximum absolute atomic E-state index is 11.9. The van der Waals surface area contributed by atoms with Gasteiger partial charge in [0.15, 0.2) is 0 Å². The maximum atomic E-state index is 11.9. The van der Waals surface area contributed by atoms with E-state index < -0.39 is 11.8 Å². The van der Waals surface area contributed by atoms with Crippen LogP contribution in [0.1, 0.15) is 12.5 Å². The molecule has 0 saturated carbocycles. The van der Waals surface area contributed by atoms with Gasteiger partial charge in [0.2, 0.25) is 5.91 Å². The van der Waals surface area contributed by atoms with E-state index in [2.05, 4.69) is 16.0 Å². The van der Waals surface area contributed by atoms with Gasteiger partial charge in [-0.1, -0.05) is 29.8 Å². The molecule has 0 fully saturated rings. The molecule has 7 heteroatoms. The number of halogens is 1. The second-order valence-electron chi connectivity index (χ2n) is 5.35. The van der Waals surface area contributed by atoms with Crippen LogP contribution in [0.25, 0.3) is 0 Å². The fraction of sp³-hybridized carbons (Fsp3) is 0.167. The number of anilines is 2. The molecular formula is C18H18ClN3O3. The largest absolute Gasteiger partial charge is 0.347 e. The van der Waals surface area contributed by atoms with Gasteiger partial charge in [0.05, 0.1) is 0 Å². The third-order valence-corrected chi connectivity index (χ3v) is 3.51. The highest BCUT2D eigenvalue weighted by Crippen LogP contribution is 2.15.